The summed E-state index contributed by atoms with van der Waals surface area (Å²) < 4.78 is 10.9. The Balaban J connectivity index is 1.48. The first-order chi connectivity index (χ1) is 9.87. The zero-order valence-corrected chi connectivity index (χ0v) is 13.6. The third kappa shape index (κ3) is 3.34. The lowest BCUT2D eigenvalue weighted by Crippen LogP contribution is -2.58. The average Bonchev–Trinajstić information content (AvgIpc) is 2.81. The summed E-state index contributed by atoms with van der Waals surface area (Å²) in [5.41, 5.74) is -0.0360. The molecule has 3 fully saturated rings. The average molecular weight is 296 g/mol. The Kier molecular flexibility index (Phi) is 3.91. The van der Waals surface area contributed by atoms with Crippen LogP contribution in [0.2, 0.25) is 0 Å². The van der Waals surface area contributed by atoms with Crippen LogP contribution in [0.5, 0.6) is 0 Å². The molecule has 3 rings (SSSR count). The van der Waals surface area contributed by atoms with Crippen molar-refractivity contribution in [3.8, 4) is 0 Å². The summed E-state index contributed by atoms with van der Waals surface area (Å²) in [6.07, 6.45) is 3.59. The maximum Gasteiger partial charge on any atom is 0.410 e. The molecule has 5 heteroatoms. The maximum absolute atomic E-state index is 12.0. The maximum atomic E-state index is 12.0. The molecule has 1 spiro atoms. The van der Waals surface area contributed by atoms with Crippen LogP contribution in [0.25, 0.3) is 0 Å². The fraction of sp³-hybridized carbons (Fsp3) is 0.938. The molecule has 1 saturated carbocycles. The topological polar surface area (TPSA) is 42.0 Å². The van der Waals surface area contributed by atoms with Gasteiger partial charge >= 0.3 is 6.09 Å². The molecule has 1 atom stereocenters. The molecule has 0 unspecified atom stereocenters. The summed E-state index contributed by atoms with van der Waals surface area (Å²) in [4.78, 5) is 16.5. The van der Waals surface area contributed by atoms with Gasteiger partial charge in [0.2, 0.25) is 0 Å². The van der Waals surface area contributed by atoms with E-state index in [1.54, 1.807) is 0 Å². The molecular formula is C16H28N2O3. The minimum atomic E-state index is -0.397. The van der Waals surface area contributed by atoms with E-state index < -0.39 is 5.60 Å². The summed E-state index contributed by atoms with van der Waals surface area (Å²) in [5.74, 6) is 0. The number of likely N-dealkylation sites (tertiary alicyclic amines) is 1. The van der Waals surface area contributed by atoms with Gasteiger partial charge < -0.3 is 14.4 Å². The highest BCUT2D eigenvalue weighted by Gasteiger charge is 2.51. The Morgan fingerprint density at radius 3 is 2.52 bits per heavy atom. The van der Waals surface area contributed by atoms with Crippen LogP contribution >= 0.6 is 0 Å². The highest BCUT2D eigenvalue weighted by Crippen LogP contribution is 2.47. The summed E-state index contributed by atoms with van der Waals surface area (Å²) in [7, 11) is 0. The van der Waals surface area contributed by atoms with E-state index in [0.717, 1.165) is 39.4 Å². The van der Waals surface area contributed by atoms with Gasteiger partial charge in [-0.15, -0.1) is 0 Å². The minimum absolute atomic E-state index is 0.150. The van der Waals surface area contributed by atoms with Gasteiger partial charge in [0.05, 0.1) is 13.2 Å². The predicted molar refractivity (Wildman–Crippen MR) is 80.3 cm³/mol. The molecule has 5 nitrogen and oxygen atoms in total. The third-order valence-electron chi connectivity index (χ3n) is 4.94. The lowest BCUT2D eigenvalue weighted by Gasteiger charge is -2.48. The molecule has 1 aliphatic carbocycles. The zero-order valence-electron chi connectivity index (χ0n) is 13.6. The molecule has 21 heavy (non-hydrogen) atoms. The number of carbonyl (C=O) groups excluding carboxylic acids is 1. The second-order valence-corrected chi connectivity index (χ2v) is 7.88. The highest BCUT2D eigenvalue weighted by molar-refractivity contribution is 5.69. The summed E-state index contributed by atoms with van der Waals surface area (Å²) >= 11 is 0. The molecule has 0 aromatic rings. The fourth-order valence-corrected chi connectivity index (χ4v) is 3.94. The van der Waals surface area contributed by atoms with E-state index in [9.17, 15) is 4.79 Å². The van der Waals surface area contributed by atoms with Crippen LogP contribution in [-0.4, -0.2) is 66.9 Å². The first-order valence-corrected chi connectivity index (χ1v) is 8.17. The number of nitrogens with zero attached hydrogens (tertiary/aromatic N) is 2. The van der Waals surface area contributed by atoms with E-state index in [2.05, 4.69) is 4.90 Å². The van der Waals surface area contributed by atoms with Crippen molar-refractivity contribution < 1.29 is 14.3 Å². The highest BCUT2D eigenvalue weighted by atomic mass is 16.6. The minimum Gasteiger partial charge on any atom is -0.444 e. The third-order valence-corrected chi connectivity index (χ3v) is 4.94. The Morgan fingerprint density at radius 2 is 1.90 bits per heavy atom. The Hall–Kier alpha value is -0.810. The molecule has 2 saturated heterocycles. The van der Waals surface area contributed by atoms with Gasteiger partial charge in [0.25, 0.3) is 0 Å². The molecule has 2 aliphatic heterocycles. The first kappa shape index (κ1) is 15.1. The fourth-order valence-electron chi connectivity index (χ4n) is 3.94. The van der Waals surface area contributed by atoms with Crippen molar-refractivity contribution in [2.45, 2.75) is 51.7 Å². The van der Waals surface area contributed by atoms with Crippen molar-refractivity contribution >= 4 is 6.09 Å². The predicted octanol–water partition coefficient (Wildman–Crippen LogP) is 2.11. The molecule has 120 valence electrons. The van der Waals surface area contributed by atoms with Crippen LogP contribution in [0.1, 0.15) is 40.0 Å². The van der Waals surface area contributed by atoms with Gasteiger partial charge in [-0.25, -0.2) is 4.79 Å². The number of hydrogen-bond donors (Lipinski definition) is 0. The van der Waals surface area contributed by atoms with Gasteiger partial charge in [-0.05, 0) is 40.0 Å². The normalized spacial score (nSPS) is 29.5. The van der Waals surface area contributed by atoms with Crippen molar-refractivity contribution in [3.05, 3.63) is 0 Å². The van der Waals surface area contributed by atoms with Crippen molar-refractivity contribution in [2.75, 3.05) is 39.4 Å². The molecule has 0 aromatic carbocycles. The van der Waals surface area contributed by atoms with Crippen molar-refractivity contribution in [1.29, 1.82) is 0 Å². The van der Waals surface area contributed by atoms with E-state index in [1.165, 1.54) is 19.3 Å². The van der Waals surface area contributed by atoms with Gasteiger partial charge in [0, 0.05) is 37.6 Å². The standard InChI is InChI=1S/C16H28N2O3/c1-15(2,3)21-14(19)18-11-16(12-18)5-4-13(10-16)17-6-8-20-9-7-17/h13H,4-12H2,1-3H3/t13-/m0/s1. The van der Waals surface area contributed by atoms with Gasteiger partial charge in [-0.3, -0.25) is 4.90 Å². The second-order valence-electron chi connectivity index (χ2n) is 7.88. The molecular weight excluding hydrogens is 268 g/mol. The molecule has 0 bridgehead atoms. The van der Waals surface area contributed by atoms with Crippen LogP contribution in [0, 0.1) is 5.41 Å². The van der Waals surface area contributed by atoms with Crippen molar-refractivity contribution in [3.63, 3.8) is 0 Å². The second kappa shape index (κ2) is 5.43. The zero-order chi connectivity index (χ0) is 15.1. The number of amides is 1. The lowest BCUT2D eigenvalue weighted by atomic mass is 9.78. The summed E-state index contributed by atoms with van der Waals surface area (Å²) in [5, 5.41) is 0. The number of carbonyl (C=O) groups is 1. The van der Waals surface area contributed by atoms with Crippen LogP contribution in [-0.2, 0) is 9.47 Å². The molecule has 2 heterocycles. The molecule has 1 amide bonds. The number of hydrogen-bond acceptors (Lipinski definition) is 4. The number of morpholine rings is 1. The van der Waals surface area contributed by atoms with Crippen molar-refractivity contribution in [2.24, 2.45) is 5.41 Å². The van der Waals surface area contributed by atoms with Crippen LogP contribution in [0.3, 0.4) is 0 Å². The lowest BCUT2D eigenvalue weighted by molar-refractivity contribution is -0.0374. The van der Waals surface area contributed by atoms with Gasteiger partial charge in [0.15, 0.2) is 0 Å². The van der Waals surface area contributed by atoms with E-state index >= 15 is 0 Å². The van der Waals surface area contributed by atoms with E-state index in [-0.39, 0.29) is 6.09 Å². The van der Waals surface area contributed by atoms with Crippen molar-refractivity contribution in [1.82, 2.24) is 9.80 Å². The molecule has 0 aromatic heterocycles. The summed E-state index contributed by atoms with van der Waals surface area (Å²) in [6.45, 7) is 11.4. The van der Waals surface area contributed by atoms with E-state index in [1.807, 2.05) is 25.7 Å². The Morgan fingerprint density at radius 1 is 1.24 bits per heavy atom. The monoisotopic (exact) mass is 296 g/mol. The summed E-state index contributed by atoms with van der Waals surface area (Å²) in [6, 6.07) is 0.690. The largest absolute Gasteiger partial charge is 0.444 e. The quantitative estimate of drug-likeness (QED) is 0.743. The van der Waals surface area contributed by atoms with E-state index in [0.29, 0.717) is 11.5 Å². The molecule has 0 radical (unpaired) electrons. The van der Waals surface area contributed by atoms with Gasteiger partial charge in [-0.2, -0.15) is 0 Å². The number of rotatable bonds is 1. The molecule has 3 aliphatic rings. The SMILES string of the molecule is CC(C)(C)OC(=O)N1CC2(CC[C@H](N3CCOCC3)C2)C1. The van der Waals surface area contributed by atoms with E-state index in [4.69, 9.17) is 9.47 Å². The smallest absolute Gasteiger partial charge is 0.410 e. The Bertz CT molecular complexity index is 393. The first-order valence-electron chi connectivity index (χ1n) is 8.17. The molecule has 0 N–H and O–H groups in total. The van der Waals surface area contributed by atoms with Crippen LogP contribution in [0.15, 0.2) is 0 Å². The number of ether oxygens (including phenoxy) is 2. The van der Waals surface area contributed by atoms with Crippen LogP contribution < -0.4 is 0 Å². The van der Waals surface area contributed by atoms with Gasteiger partial charge in [-0.1, -0.05) is 0 Å². The van der Waals surface area contributed by atoms with Crippen LogP contribution in [0.4, 0.5) is 4.79 Å². The Labute approximate surface area is 127 Å². The van der Waals surface area contributed by atoms with Gasteiger partial charge in [0.1, 0.15) is 5.60 Å².